The van der Waals surface area contributed by atoms with E-state index in [-0.39, 0.29) is 17.9 Å². The molecule has 0 aliphatic rings. The minimum absolute atomic E-state index is 0.0371. The van der Waals surface area contributed by atoms with Crippen molar-refractivity contribution < 1.29 is 27.5 Å². The SMILES string of the molecule is O=C(O)c1ccccc1NCc1ccc(C(F)(F)F)o1. The average molecular weight is 285 g/mol. The van der Waals surface area contributed by atoms with Crippen LogP contribution in [0.25, 0.3) is 0 Å². The highest BCUT2D eigenvalue weighted by molar-refractivity contribution is 5.94. The lowest BCUT2D eigenvalue weighted by atomic mass is 10.2. The van der Waals surface area contributed by atoms with Gasteiger partial charge in [0.05, 0.1) is 12.1 Å². The molecule has 4 nitrogen and oxygen atoms in total. The molecule has 0 spiro atoms. The van der Waals surface area contributed by atoms with Gasteiger partial charge in [0.25, 0.3) is 0 Å². The van der Waals surface area contributed by atoms with E-state index in [9.17, 15) is 18.0 Å². The molecular formula is C13H10F3NO3. The monoisotopic (exact) mass is 285 g/mol. The van der Waals surface area contributed by atoms with Gasteiger partial charge in [-0.05, 0) is 24.3 Å². The van der Waals surface area contributed by atoms with Crippen molar-refractivity contribution >= 4 is 11.7 Å². The Morgan fingerprint density at radius 2 is 1.90 bits per heavy atom. The molecule has 20 heavy (non-hydrogen) atoms. The van der Waals surface area contributed by atoms with Crippen LogP contribution in [0, 0.1) is 0 Å². The number of rotatable bonds is 4. The maximum atomic E-state index is 12.3. The first-order valence-corrected chi connectivity index (χ1v) is 5.60. The number of para-hydroxylation sites is 1. The molecule has 0 radical (unpaired) electrons. The Kier molecular flexibility index (Phi) is 3.69. The number of furan rings is 1. The third-order valence-corrected chi connectivity index (χ3v) is 2.55. The summed E-state index contributed by atoms with van der Waals surface area (Å²) in [6.45, 7) is -0.0413. The van der Waals surface area contributed by atoms with E-state index in [1.165, 1.54) is 18.2 Å². The second kappa shape index (κ2) is 5.28. The Morgan fingerprint density at radius 3 is 2.50 bits per heavy atom. The van der Waals surface area contributed by atoms with Crippen molar-refractivity contribution in [2.45, 2.75) is 12.7 Å². The summed E-state index contributed by atoms with van der Waals surface area (Å²) in [6.07, 6.45) is -4.53. The molecule has 1 heterocycles. The van der Waals surface area contributed by atoms with Gasteiger partial charge >= 0.3 is 12.1 Å². The van der Waals surface area contributed by atoms with Crippen LogP contribution in [0.4, 0.5) is 18.9 Å². The van der Waals surface area contributed by atoms with Crippen LogP contribution in [0.3, 0.4) is 0 Å². The number of benzene rings is 1. The normalized spacial score (nSPS) is 11.3. The first kappa shape index (κ1) is 14.0. The van der Waals surface area contributed by atoms with Crippen molar-refractivity contribution in [3.05, 3.63) is 53.5 Å². The number of halogens is 3. The minimum Gasteiger partial charge on any atom is -0.478 e. The lowest BCUT2D eigenvalue weighted by Gasteiger charge is -2.08. The lowest BCUT2D eigenvalue weighted by Crippen LogP contribution is -2.06. The van der Waals surface area contributed by atoms with E-state index in [1.807, 2.05) is 0 Å². The first-order valence-electron chi connectivity index (χ1n) is 5.60. The highest BCUT2D eigenvalue weighted by Gasteiger charge is 2.34. The number of alkyl halides is 3. The summed E-state index contributed by atoms with van der Waals surface area (Å²) in [4.78, 5) is 11.0. The summed E-state index contributed by atoms with van der Waals surface area (Å²) < 4.78 is 41.7. The highest BCUT2D eigenvalue weighted by atomic mass is 19.4. The third kappa shape index (κ3) is 3.11. The number of carboxylic acid groups (broad SMARTS) is 1. The number of hydrogen-bond donors (Lipinski definition) is 2. The van der Waals surface area contributed by atoms with Gasteiger partial charge in [-0.25, -0.2) is 4.79 Å². The smallest absolute Gasteiger partial charge is 0.449 e. The Bertz CT molecular complexity index is 619. The maximum Gasteiger partial charge on any atom is 0.449 e. The quantitative estimate of drug-likeness (QED) is 0.900. The molecule has 0 bridgehead atoms. The number of anilines is 1. The van der Waals surface area contributed by atoms with Gasteiger partial charge in [-0.15, -0.1) is 0 Å². The van der Waals surface area contributed by atoms with Crippen molar-refractivity contribution in [1.82, 2.24) is 0 Å². The molecule has 1 aromatic carbocycles. The molecular weight excluding hydrogens is 275 g/mol. The van der Waals surface area contributed by atoms with Gasteiger partial charge in [-0.1, -0.05) is 12.1 Å². The van der Waals surface area contributed by atoms with Crippen molar-refractivity contribution in [2.24, 2.45) is 0 Å². The van der Waals surface area contributed by atoms with Crippen LogP contribution in [0.5, 0.6) is 0 Å². The topological polar surface area (TPSA) is 62.5 Å². The largest absolute Gasteiger partial charge is 0.478 e. The lowest BCUT2D eigenvalue weighted by molar-refractivity contribution is -0.153. The van der Waals surface area contributed by atoms with Crippen molar-refractivity contribution in [2.75, 3.05) is 5.32 Å². The van der Waals surface area contributed by atoms with Gasteiger partial charge in [-0.2, -0.15) is 13.2 Å². The molecule has 0 atom stereocenters. The molecule has 0 aliphatic heterocycles. The zero-order valence-electron chi connectivity index (χ0n) is 10.1. The zero-order valence-corrected chi connectivity index (χ0v) is 10.1. The summed E-state index contributed by atoms with van der Waals surface area (Å²) >= 11 is 0. The van der Waals surface area contributed by atoms with Crippen molar-refractivity contribution in [3.63, 3.8) is 0 Å². The van der Waals surface area contributed by atoms with Crippen molar-refractivity contribution in [1.29, 1.82) is 0 Å². The molecule has 0 saturated heterocycles. The molecule has 1 aromatic heterocycles. The van der Waals surface area contributed by atoms with E-state index in [4.69, 9.17) is 5.11 Å². The number of carbonyl (C=O) groups is 1. The Labute approximate surface area is 111 Å². The van der Waals surface area contributed by atoms with Crippen LogP contribution in [-0.2, 0) is 12.7 Å². The molecule has 0 unspecified atom stereocenters. The molecule has 7 heteroatoms. The second-order valence-electron chi connectivity index (χ2n) is 3.97. The van der Waals surface area contributed by atoms with E-state index < -0.39 is 17.9 Å². The third-order valence-electron chi connectivity index (χ3n) is 2.55. The number of aromatic carboxylic acids is 1. The molecule has 0 fully saturated rings. The molecule has 106 valence electrons. The van der Waals surface area contributed by atoms with Crippen LogP contribution in [-0.4, -0.2) is 11.1 Å². The minimum atomic E-state index is -4.53. The summed E-state index contributed by atoms with van der Waals surface area (Å²) in [5, 5.41) is 11.7. The van der Waals surface area contributed by atoms with E-state index in [1.54, 1.807) is 12.1 Å². The highest BCUT2D eigenvalue weighted by Crippen LogP contribution is 2.30. The van der Waals surface area contributed by atoms with Crippen LogP contribution >= 0.6 is 0 Å². The molecule has 2 rings (SSSR count). The molecule has 0 amide bonds. The van der Waals surface area contributed by atoms with Crippen LogP contribution < -0.4 is 5.32 Å². The van der Waals surface area contributed by atoms with E-state index >= 15 is 0 Å². The van der Waals surface area contributed by atoms with Crippen LogP contribution in [0.2, 0.25) is 0 Å². The second-order valence-corrected chi connectivity index (χ2v) is 3.97. The van der Waals surface area contributed by atoms with Gasteiger partial charge in [0, 0.05) is 5.69 Å². The van der Waals surface area contributed by atoms with E-state index in [2.05, 4.69) is 9.73 Å². The average Bonchev–Trinajstić information content (AvgIpc) is 2.85. The first-order chi connectivity index (χ1) is 9.38. The number of carboxylic acids is 1. The number of nitrogens with one attached hydrogen (secondary N) is 1. The summed E-state index contributed by atoms with van der Waals surface area (Å²) in [5.41, 5.74) is 0.347. The number of hydrogen-bond acceptors (Lipinski definition) is 3. The summed E-state index contributed by atoms with van der Waals surface area (Å²) in [7, 11) is 0. The van der Waals surface area contributed by atoms with Gasteiger partial charge in [0.2, 0.25) is 5.76 Å². The van der Waals surface area contributed by atoms with Gasteiger partial charge in [0.15, 0.2) is 0 Å². The van der Waals surface area contributed by atoms with Crippen LogP contribution in [0.15, 0.2) is 40.8 Å². The van der Waals surface area contributed by atoms with Gasteiger partial charge < -0.3 is 14.8 Å². The molecule has 2 aromatic rings. The van der Waals surface area contributed by atoms with Gasteiger partial charge in [0.1, 0.15) is 5.76 Å². The maximum absolute atomic E-state index is 12.3. The fourth-order valence-corrected chi connectivity index (χ4v) is 1.63. The molecule has 0 saturated carbocycles. The predicted octanol–water partition coefficient (Wildman–Crippen LogP) is 3.61. The summed E-state index contributed by atoms with van der Waals surface area (Å²) in [6, 6.07) is 8.13. The Morgan fingerprint density at radius 1 is 1.20 bits per heavy atom. The standard InChI is InChI=1S/C13H10F3NO3/c14-13(15,16)11-6-5-8(20-11)7-17-10-4-2-1-3-9(10)12(18)19/h1-6,17H,7H2,(H,18,19). The molecule has 2 N–H and O–H groups in total. The predicted molar refractivity (Wildman–Crippen MR) is 64.4 cm³/mol. The zero-order chi connectivity index (χ0) is 14.8. The van der Waals surface area contributed by atoms with Gasteiger partial charge in [-0.3, -0.25) is 0 Å². The van der Waals surface area contributed by atoms with E-state index in [0.717, 1.165) is 6.07 Å². The summed E-state index contributed by atoms with van der Waals surface area (Å²) in [5.74, 6) is -2.14. The Hall–Kier alpha value is -2.44. The molecule has 0 aliphatic carbocycles. The van der Waals surface area contributed by atoms with E-state index in [0.29, 0.717) is 5.69 Å². The fraction of sp³-hybridized carbons (Fsp3) is 0.154. The van der Waals surface area contributed by atoms with Crippen LogP contribution in [0.1, 0.15) is 21.9 Å². The fourth-order valence-electron chi connectivity index (χ4n) is 1.63. The Balaban J connectivity index is 2.10. The van der Waals surface area contributed by atoms with Crippen molar-refractivity contribution in [3.8, 4) is 0 Å².